The Morgan fingerprint density at radius 3 is 2.95 bits per heavy atom. The molecule has 0 saturated heterocycles. The molecule has 3 rings (SSSR count). The third-order valence-electron chi connectivity index (χ3n) is 3.88. The molecule has 3 heteroatoms. The fourth-order valence-electron chi connectivity index (χ4n) is 2.90. The SMILES string of the molecule is COc1ccc(Cl)cc1CC1NCCc2ccccc21. The Labute approximate surface area is 124 Å². The summed E-state index contributed by atoms with van der Waals surface area (Å²) in [7, 11) is 1.70. The normalized spacial score (nSPS) is 17.6. The van der Waals surface area contributed by atoms with Crippen LogP contribution in [0.3, 0.4) is 0 Å². The van der Waals surface area contributed by atoms with Crippen molar-refractivity contribution in [3.63, 3.8) is 0 Å². The molecule has 1 aliphatic rings. The lowest BCUT2D eigenvalue weighted by molar-refractivity contribution is 0.404. The zero-order valence-electron chi connectivity index (χ0n) is 11.5. The minimum atomic E-state index is 0.326. The van der Waals surface area contributed by atoms with Gasteiger partial charge in [-0.05, 0) is 54.3 Å². The molecule has 1 heterocycles. The Kier molecular flexibility index (Phi) is 3.95. The van der Waals surface area contributed by atoms with Crippen molar-refractivity contribution in [3.8, 4) is 5.75 Å². The predicted octanol–water partition coefficient (Wildman–Crippen LogP) is 3.78. The topological polar surface area (TPSA) is 21.3 Å². The Bertz CT molecular complexity index is 612. The molecule has 0 bridgehead atoms. The first-order valence-corrected chi connectivity index (χ1v) is 7.29. The van der Waals surface area contributed by atoms with Crippen molar-refractivity contribution in [2.45, 2.75) is 18.9 Å². The van der Waals surface area contributed by atoms with Gasteiger partial charge >= 0.3 is 0 Å². The van der Waals surface area contributed by atoms with Crippen LogP contribution >= 0.6 is 11.6 Å². The van der Waals surface area contributed by atoms with E-state index in [1.807, 2.05) is 18.2 Å². The van der Waals surface area contributed by atoms with Crippen LogP contribution in [-0.4, -0.2) is 13.7 Å². The molecule has 2 aromatic rings. The van der Waals surface area contributed by atoms with Crippen molar-refractivity contribution in [3.05, 3.63) is 64.2 Å². The Balaban J connectivity index is 1.91. The minimum Gasteiger partial charge on any atom is -0.496 e. The van der Waals surface area contributed by atoms with Gasteiger partial charge < -0.3 is 10.1 Å². The molecular formula is C17H18ClNO. The van der Waals surface area contributed by atoms with Crippen LogP contribution in [0.5, 0.6) is 5.75 Å². The molecule has 20 heavy (non-hydrogen) atoms. The van der Waals surface area contributed by atoms with Gasteiger partial charge in [-0.2, -0.15) is 0 Å². The van der Waals surface area contributed by atoms with Gasteiger partial charge in [0.15, 0.2) is 0 Å². The fraction of sp³-hybridized carbons (Fsp3) is 0.294. The smallest absolute Gasteiger partial charge is 0.122 e. The molecule has 0 fully saturated rings. The van der Waals surface area contributed by atoms with Gasteiger partial charge in [-0.1, -0.05) is 35.9 Å². The lowest BCUT2D eigenvalue weighted by Crippen LogP contribution is -2.31. The van der Waals surface area contributed by atoms with Crippen molar-refractivity contribution in [1.29, 1.82) is 0 Å². The number of hydrogen-bond acceptors (Lipinski definition) is 2. The molecule has 0 aliphatic carbocycles. The summed E-state index contributed by atoms with van der Waals surface area (Å²) in [5.74, 6) is 0.902. The van der Waals surface area contributed by atoms with E-state index in [4.69, 9.17) is 16.3 Å². The number of fused-ring (bicyclic) bond motifs is 1. The van der Waals surface area contributed by atoms with E-state index in [1.165, 1.54) is 11.1 Å². The van der Waals surface area contributed by atoms with Gasteiger partial charge in [-0.15, -0.1) is 0 Å². The summed E-state index contributed by atoms with van der Waals surface area (Å²) in [5, 5.41) is 4.35. The Morgan fingerprint density at radius 1 is 1.25 bits per heavy atom. The quantitative estimate of drug-likeness (QED) is 0.928. The van der Waals surface area contributed by atoms with Crippen LogP contribution in [-0.2, 0) is 12.8 Å². The molecule has 0 spiro atoms. The van der Waals surface area contributed by atoms with E-state index in [2.05, 4.69) is 29.6 Å². The highest BCUT2D eigenvalue weighted by Gasteiger charge is 2.20. The third-order valence-corrected chi connectivity index (χ3v) is 4.12. The molecule has 104 valence electrons. The summed E-state index contributed by atoms with van der Waals surface area (Å²) in [6, 6.07) is 14.8. The number of nitrogens with one attached hydrogen (secondary N) is 1. The van der Waals surface area contributed by atoms with Crippen molar-refractivity contribution in [1.82, 2.24) is 5.32 Å². The van der Waals surface area contributed by atoms with Crippen molar-refractivity contribution >= 4 is 11.6 Å². The first kappa shape index (κ1) is 13.5. The third kappa shape index (κ3) is 2.67. The summed E-state index contributed by atoms with van der Waals surface area (Å²) in [6.07, 6.45) is 1.99. The maximum atomic E-state index is 6.12. The van der Waals surface area contributed by atoms with E-state index >= 15 is 0 Å². The van der Waals surface area contributed by atoms with Crippen LogP contribution in [0.1, 0.15) is 22.7 Å². The molecule has 1 aliphatic heterocycles. The van der Waals surface area contributed by atoms with Crippen LogP contribution in [0, 0.1) is 0 Å². The van der Waals surface area contributed by atoms with Crippen LogP contribution in [0.25, 0.3) is 0 Å². The Morgan fingerprint density at radius 2 is 2.10 bits per heavy atom. The van der Waals surface area contributed by atoms with Gasteiger partial charge in [0.2, 0.25) is 0 Å². The van der Waals surface area contributed by atoms with Crippen LogP contribution in [0.15, 0.2) is 42.5 Å². The van der Waals surface area contributed by atoms with E-state index in [9.17, 15) is 0 Å². The summed E-state index contributed by atoms with van der Waals surface area (Å²) in [5.41, 5.74) is 3.98. The van der Waals surface area contributed by atoms with Crippen molar-refractivity contribution in [2.75, 3.05) is 13.7 Å². The molecule has 0 aromatic heterocycles. The first-order valence-electron chi connectivity index (χ1n) is 6.91. The highest BCUT2D eigenvalue weighted by molar-refractivity contribution is 6.30. The number of methoxy groups -OCH3 is 1. The zero-order chi connectivity index (χ0) is 13.9. The second kappa shape index (κ2) is 5.86. The van der Waals surface area contributed by atoms with Gasteiger partial charge in [-0.25, -0.2) is 0 Å². The van der Waals surface area contributed by atoms with Gasteiger partial charge in [0.25, 0.3) is 0 Å². The predicted molar refractivity (Wildman–Crippen MR) is 82.6 cm³/mol. The molecule has 2 nitrogen and oxygen atoms in total. The number of benzene rings is 2. The van der Waals surface area contributed by atoms with Crippen LogP contribution < -0.4 is 10.1 Å². The van der Waals surface area contributed by atoms with Crippen molar-refractivity contribution in [2.24, 2.45) is 0 Å². The molecular weight excluding hydrogens is 270 g/mol. The van der Waals surface area contributed by atoms with Gasteiger partial charge in [0.1, 0.15) is 5.75 Å². The Hall–Kier alpha value is -1.51. The van der Waals surface area contributed by atoms with Crippen LogP contribution in [0.2, 0.25) is 5.02 Å². The highest BCUT2D eigenvalue weighted by atomic mass is 35.5. The molecule has 1 N–H and O–H groups in total. The van der Waals surface area contributed by atoms with E-state index < -0.39 is 0 Å². The van der Waals surface area contributed by atoms with Crippen LogP contribution in [0.4, 0.5) is 0 Å². The van der Waals surface area contributed by atoms with E-state index in [0.29, 0.717) is 6.04 Å². The summed E-state index contributed by atoms with van der Waals surface area (Å²) >= 11 is 6.12. The van der Waals surface area contributed by atoms with E-state index in [1.54, 1.807) is 7.11 Å². The average molecular weight is 288 g/mol. The highest BCUT2D eigenvalue weighted by Crippen LogP contribution is 2.30. The first-order chi connectivity index (χ1) is 9.78. The average Bonchev–Trinajstić information content (AvgIpc) is 2.48. The van der Waals surface area contributed by atoms with Crippen molar-refractivity contribution < 1.29 is 4.74 Å². The standard InChI is InChI=1S/C17H18ClNO/c1-20-17-7-6-14(18)10-13(17)11-16-15-5-3-2-4-12(15)8-9-19-16/h2-7,10,16,19H,8-9,11H2,1H3. The van der Waals surface area contributed by atoms with E-state index in [0.717, 1.165) is 35.7 Å². The monoisotopic (exact) mass is 287 g/mol. The maximum Gasteiger partial charge on any atom is 0.122 e. The zero-order valence-corrected chi connectivity index (χ0v) is 12.3. The second-order valence-electron chi connectivity index (χ2n) is 5.12. The summed E-state index contributed by atoms with van der Waals surface area (Å²) < 4.78 is 5.44. The number of ether oxygens (including phenoxy) is 1. The minimum absolute atomic E-state index is 0.326. The molecule has 1 atom stereocenters. The van der Waals surface area contributed by atoms with Gasteiger partial charge in [0, 0.05) is 11.1 Å². The lowest BCUT2D eigenvalue weighted by atomic mass is 9.90. The largest absolute Gasteiger partial charge is 0.496 e. The maximum absolute atomic E-state index is 6.12. The molecule has 0 saturated carbocycles. The second-order valence-corrected chi connectivity index (χ2v) is 5.55. The molecule has 1 unspecified atom stereocenters. The number of halogens is 1. The van der Waals surface area contributed by atoms with Gasteiger partial charge in [-0.3, -0.25) is 0 Å². The molecule has 0 amide bonds. The lowest BCUT2D eigenvalue weighted by Gasteiger charge is -2.27. The molecule has 2 aromatic carbocycles. The fourth-order valence-corrected chi connectivity index (χ4v) is 3.10. The van der Waals surface area contributed by atoms with Gasteiger partial charge in [0.05, 0.1) is 7.11 Å². The summed E-state index contributed by atoms with van der Waals surface area (Å²) in [6.45, 7) is 1.02. The van der Waals surface area contributed by atoms with E-state index in [-0.39, 0.29) is 0 Å². The molecule has 0 radical (unpaired) electrons. The summed E-state index contributed by atoms with van der Waals surface area (Å²) in [4.78, 5) is 0. The number of rotatable bonds is 3. The number of hydrogen-bond donors (Lipinski definition) is 1.